The van der Waals surface area contributed by atoms with Gasteiger partial charge in [-0.05, 0) is 25.8 Å². The van der Waals surface area contributed by atoms with Gasteiger partial charge < -0.3 is 4.52 Å². The molecule has 4 heteroatoms. The zero-order valence-corrected chi connectivity index (χ0v) is 12.4. The molecule has 0 N–H and O–H groups in total. The molecule has 0 aliphatic carbocycles. The van der Waals surface area contributed by atoms with E-state index < -0.39 is 0 Å². The standard InChI is InChI=1S/C14H17BrN2O/c1-4-11(15)12-16-13(17-18-12)14(2,3)10-8-6-5-7-9-10/h5-9,11H,4H2,1-3H3. The van der Waals surface area contributed by atoms with Gasteiger partial charge in [0.15, 0.2) is 5.82 Å². The maximum absolute atomic E-state index is 5.32. The number of aromatic nitrogens is 2. The van der Waals surface area contributed by atoms with Crippen LogP contribution in [0.5, 0.6) is 0 Å². The van der Waals surface area contributed by atoms with Gasteiger partial charge >= 0.3 is 0 Å². The van der Waals surface area contributed by atoms with Crippen molar-refractivity contribution in [2.45, 2.75) is 37.4 Å². The van der Waals surface area contributed by atoms with Crippen LogP contribution < -0.4 is 0 Å². The normalized spacial score (nSPS) is 13.6. The van der Waals surface area contributed by atoms with Crippen molar-refractivity contribution in [2.75, 3.05) is 0 Å². The van der Waals surface area contributed by atoms with Crippen LogP contribution in [0.2, 0.25) is 0 Å². The van der Waals surface area contributed by atoms with E-state index in [0.717, 1.165) is 12.2 Å². The first-order chi connectivity index (χ1) is 8.55. The molecule has 1 unspecified atom stereocenters. The van der Waals surface area contributed by atoms with Crippen LogP contribution >= 0.6 is 15.9 Å². The first-order valence-electron chi connectivity index (χ1n) is 6.09. The van der Waals surface area contributed by atoms with E-state index >= 15 is 0 Å². The van der Waals surface area contributed by atoms with Gasteiger partial charge in [0.25, 0.3) is 0 Å². The third-order valence-corrected chi connectivity index (χ3v) is 4.16. The minimum atomic E-state index is -0.247. The number of rotatable bonds is 4. The second-order valence-corrected chi connectivity index (χ2v) is 5.93. The van der Waals surface area contributed by atoms with Gasteiger partial charge in [-0.1, -0.05) is 58.3 Å². The number of halogens is 1. The second-order valence-electron chi connectivity index (χ2n) is 4.82. The summed E-state index contributed by atoms with van der Waals surface area (Å²) in [6.45, 7) is 6.28. The third kappa shape index (κ3) is 2.48. The van der Waals surface area contributed by atoms with Gasteiger partial charge in [-0.3, -0.25) is 0 Å². The predicted molar refractivity (Wildman–Crippen MR) is 74.8 cm³/mol. The van der Waals surface area contributed by atoms with Gasteiger partial charge in [0.1, 0.15) is 0 Å². The van der Waals surface area contributed by atoms with Crippen molar-refractivity contribution in [1.82, 2.24) is 10.1 Å². The summed E-state index contributed by atoms with van der Waals surface area (Å²) in [7, 11) is 0. The lowest BCUT2D eigenvalue weighted by molar-refractivity contribution is 0.364. The fourth-order valence-corrected chi connectivity index (χ4v) is 1.96. The Balaban J connectivity index is 2.33. The van der Waals surface area contributed by atoms with Gasteiger partial charge in [0, 0.05) is 0 Å². The zero-order chi connectivity index (χ0) is 13.2. The third-order valence-electron chi connectivity index (χ3n) is 3.12. The molecule has 0 bridgehead atoms. The molecule has 2 aromatic rings. The number of benzene rings is 1. The van der Waals surface area contributed by atoms with Crippen molar-refractivity contribution in [2.24, 2.45) is 0 Å². The van der Waals surface area contributed by atoms with Crippen molar-refractivity contribution < 1.29 is 4.52 Å². The zero-order valence-electron chi connectivity index (χ0n) is 10.9. The lowest BCUT2D eigenvalue weighted by atomic mass is 9.84. The van der Waals surface area contributed by atoms with Crippen LogP contribution in [0.15, 0.2) is 34.9 Å². The first-order valence-corrected chi connectivity index (χ1v) is 7.01. The summed E-state index contributed by atoms with van der Waals surface area (Å²) in [4.78, 5) is 4.63. The van der Waals surface area contributed by atoms with E-state index in [9.17, 15) is 0 Å². The van der Waals surface area contributed by atoms with E-state index in [4.69, 9.17) is 4.52 Å². The molecular weight excluding hydrogens is 292 g/mol. The number of nitrogens with zero attached hydrogens (tertiary/aromatic N) is 2. The SMILES string of the molecule is CCC(Br)c1nc(C(C)(C)c2ccccc2)no1. The molecule has 0 amide bonds. The van der Waals surface area contributed by atoms with Crippen molar-refractivity contribution >= 4 is 15.9 Å². The number of hydrogen-bond acceptors (Lipinski definition) is 3. The van der Waals surface area contributed by atoms with E-state index in [1.165, 1.54) is 5.56 Å². The maximum Gasteiger partial charge on any atom is 0.240 e. The molecule has 1 aromatic heterocycles. The number of hydrogen-bond donors (Lipinski definition) is 0. The highest BCUT2D eigenvalue weighted by molar-refractivity contribution is 9.09. The Hall–Kier alpha value is -1.16. The minimum absolute atomic E-state index is 0.130. The molecule has 1 heterocycles. The molecule has 96 valence electrons. The summed E-state index contributed by atoms with van der Waals surface area (Å²) in [5, 5.41) is 4.12. The van der Waals surface area contributed by atoms with Crippen LogP contribution in [0.3, 0.4) is 0 Å². The van der Waals surface area contributed by atoms with Gasteiger partial charge in [-0.25, -0.2) is 0 Å². The quantitative estimate of drug-likeness (QED) is 0.793. The molecule has 1 atom stereocenters. The molecule has 0 saturated heterocycles. The van der Waals surface area contributed by atoms with Crippen LogP contribution in [0.25, 0.3) is 0 Å². The largest absolute Gasteiger partial charge is 0.338 e. The van der Waals surface area contributed by atoms with E-state index in [0.29, 0.717) is 5.89 Å². The molecule has 0 radical (unpaired) electrons. The molecule has 0 aliphatic heterocycles. The van der Waals surface area contributed by atoms with E-state index in [2.05, 4.69) is 59.0 Å². The topological polar surface area (TPSA) is 38.9 Å². The Morgan fingerprint density at radius 3 is 2.56 bits per heavy atom. The van der Waals surface area contributed by atoms with Crippen molar-refractivity contribution in [3.8, 4) is 0 Å². The molecular formula is C14H17BrN2O. The summed E-state index contributed by atoms with van der Waals surface area (Å²) < 4.78 is 5.32. The Morgan fingerprint density at radius 1 is 1.28 bits per heavy atom. The summed E-state index contributed by atoms with van der Waals surface area (Å²) in [5.41, 5.74) is 0.934. The molecule has 1 aromatic carbocycles. The van der Waals surface area contributed by atoms with Gasteiger partial charge in [-0.2, -0.15) is 4.98 Å². The fraction of sp³-hybridized carbons (Fsp3) is 0.429. The van der Waals surface area contributed by atoms with E-state index in [1.54, 1.807) is 0 Å². The smallest absolute Gasteiger partial charge is 0.240 e. The van der Waals surface area contributed by atoms with Gasteiger partial charge in [-0.15, -0.1) is 0 Å². The Kier molecular flexibility index (Phi) is 3.85. The van der Waals surface area contributed by atoms with Crippen molar-refractivity contribution in [1.29, 1.82) is 0 Å². The first kappa shape index (κ1) is 13.3. The van der Waals surface area contributed by atoms with Crippen molar-refractivity contribution in [3.63, 3.8) is 0 Å². The lowest BCUT2D eigenvalue weighted by Crippen LogP contribution is -2.20. The average molecular weight is 309 g/mol. The summed E-state index contributed by atoms with van der Waals surface area (Å²) in [5.74, 6) is 1.37. The highest BCUT2D eigenvalue weighted by Gasteiger charge is 2.29. The van der Waals surface area contributed by atoms with Crippen molar-refractivity contribution in [3.05, 3.63) is 47.6 Å². The molecule has 0 aliphatic rings. The van der Waals surface area contributed by atoms with E-state index in [1.807, 2.05) is 18.2 Å². The monoisotopic (exact) mass is 308 g/mol. The summed E-state index contributed by atoms with van der Waals surface area (Å²) in [6, 6.07) is 10.2. The van der Waals surface area contributed by atoms with Crippen LogP contribution in [0.4, 0.5) is 0 Å². The van der Waals surface area contributed by atoms with Gasteiger partial charge in [0.2, 0.25) is 5.89 Å². The average Bonchev–Trinajstić information content (AvgIpc) is 2.89. The molecule has 0 saturated carbocycles. The van der Waals surface area contributed by atoms with Crippen LogP contribution in [-0.2, 0) is 5.41 Å². The minimum Gasteiger partial charge on any atom is -0.338 e. The highest BCUT2D eigenvalue weighted by Crippen LogP contribution is 2.31. The maximum atomic E-state index is 5.32. The Morgan fingerprint density at radius 2 is 1.94 bits per heavy atom. The summed E-state index contributed by atoms with van der Waals surface area (Å²) in [6.07, 6.45) is 0.924. The Bertz CT molecular complexity index is 508. The second kappa shape index (κ2) is 5.22. The number of alkyl halides is 1. The molecule has 0 fully saturated rings. The summed E-state index contributed by atoms with van der Waals surface area (Å²) >= 11 is 3.52. The van der Waals surface area contributed by atoms with Crippen LogP contribution in [-0.4, -0.2) is 10.1 Å². The van der Waals surface area contributed by atoms with Crippen LogP contribution in [0, 0.1) is 0 Å². The fourth-order valence-electron chi connectivity index (χ4n) is 1.77. The molecule has 2 rings (SSSR count). The lowest BCUT2D eigenvalue weighted by Gasteiger charge is -2.20. The molecule has 18 heavy (non-hydrogen) atoms. The Labute approximate surface area is 116 Å². The van der Waals surface area contributed by atoms with Gasteiger partial charge in [0.05, 0.1) is 10.2 Å². The molecule has 3 nitrogen and oxygen atoms in total. The van der Waals surface area contributed by atoms with E-state index in [-0.39, 0.29) is 10.2 Å². The molecule has 0 spiro atoms. The van der Waals surface area contributed by atoms with Crippen LogP contribution in [0.1, 0.15) is 49.3 Å². The highest BCUT2D eigenvalue weighted by atomic mass is 79.9. The predicted octanol–water partition coefficient (Wildman–Crippen LogP) is 4.24.